The van der Waals surface area contributed by atoms with E-state index in [1.165, 1.54) is 6.21 Å². The van der Waals surface area contributed by atoms with E-state index in [1.54, 1.807) is 25.1 Å². The summed E-state index contributed by atoms with van der Waals surface area (Å²) in [6.45, 7) is 2.14. The Balaban J connectivity index is 2.27. The Bertz CT molecular complexity index is 436. The van der Waals surface area contributed by atoms with E-state index in [0.717, 1.165) is 0 Å². The highest BCUT2D eigenvalue weighted by molar-refractivity contribution is 6.35. The summed E-state index contributed by atoms with van der Waals surface area (Å²) < 4.78 is 5.44. The van der Waals surface area contributed by atoms with Crippen molar-refractivity contribution in [3.05, 3.63) is 28.2 Å². The third-order valence-corrected chi connectivity index (χ3v) is 2.55. The highest BCUT2D eigenvalue weighted by atomic mass is 35.5. The van der Waals surface area contributed by atoms with Crippen LogP contribution in [-0.4, -0.2) is 18.7 Å². The molecule has 1 rings (SSSR count). The van der Waals surface area contributed by atoms with Gasteiger partial charge in [0.05, 0.1) is 11.6 Å². The Morgan fingerprint density at radius 3 is 2.94 bits per heavy atom. The van der Waals surface area contributed by atoms with Crippen LogP contribution in [0.5, 0.6) is 5.75 Å². The van der Waals surface area contributed by atoms with Gasteiger partial charge in [-0.05, 0) is 31.5 Å². The molecular weight excluding hydrogens is 275 g/mol. The maximum absolute atomic E-state index is 11.2. The van der Waals surface area contributed by atoms with Crippen LogP contribution in [0.15, 0.2) is 23.3 Å². The van der Waals surface area contributed by atoms with E-state index in [0.29, 0.717) is 35.2 Å². The van der Waals surface area contributed by atoms with Crippen molar-refractivity contribution < 1.29 is 9.53 Å². The third kappa shape index (κ3) is 5.38. The monoisotopic (exact) mass is 288 g/mol. The molecule has 4 nitrogen and oxygen atoms in total. The van der Waals surface area contributed by atoms with Gasteiger partial charge in [-0.25, -0.2) is 5.43 Å². The molecule has 0 radical (unpaired) electrons. The quantitative estimate of drug-likeness (QED) is 0.496. The highest BCUT2D eigenvalue weighted by Gasteiger charge is 2.03. The van der Waals surface area contributed by atoms with Crippen LogP contribution >= 0.6 is 23.2 Å². The van der Waals surface area contributed by atoms with Gasteiger partial charge in [0.15, 0.2) is 0 Å². The second-order valence-electron chi connectivity index (χ2n) is 3.45. The lowest BCUT2D eigenvalue weighted by atomic mass is 10.3. The molecule has 0 fully saturated rings. The van der Waals surface area contributed by atoms with Crippen molar-refractivity contribution in [1.29, 1.82) is 0 Å². The van der Waals surface area contributed by atoms with Crippen molar-refractivity contribution in [1.82, 2.24) is 5.43 Å². The predicted octanol–water partition coefficient (Wildman–Crippen LogP) is 3.27. The fraction of sp³-hybridized carbons (Fsp3) is 0.333. The number of hydrazone groups is 1. The first-order valence-electron chi connectivity index (χ1n) is 5.48. The molecule has 0 saturated heterocycles. The average molecular weight is 289 g/mol. The number of rotatable bonds is 6. The molecule has 0 bridgehead atoms. The summed E-state index contributed by atoms with van der Waals surface area (Å²) in [5, 5.41) is 4.65. The van der Waals surface area contributed by atoms with E-state index in [1.807, 2.05) is 0 Å². The normalized spacial score (nSPS) is 10.6. The van der Waals surface area contributed by atoms with Crippen molar-refractivity contribution in [3.8, 4) is 5.75 Å². The van der Waals surface area contributed by atoms with Gasteiger partial charge in [0.1, 0.15) is 5.75 Å². The summed E-state index contributed by atoms with van der Waals surface area (Å²) >= 11 is 11.7. The number of hydrogen-bond donors (Lipinski definition) is 1. The number of carbonyl (C=O) groups is 1. The van der Waals surface area contributed by atoms with Crippen LogP contribution in [0.2, 0.25) is 10.0 Å². The fourth-order valence-corrected chi connectivity index (χ4v) is 1.66. The maximum atomic E-state index is 11.2. The van der Waals surface area contributed by atoms with Crippen LogP contribution in [0.4, 0.5) is 0 Å². The molecule has 0 spiro atoms. The topological polar surface area (TPSA) is 50.7 Å². The first kappa shape index (κ1) is 14.8. The van der Waals surface area contributed by atoms with Crippen LogP contribution in [0.25, 0.3) is 0 Å². The summed E-state index contributed by atoms with van der Waals surface area (Å²) in [6.07, 6.45) is 2.45. The van der Waals surface area contributed by atoms with Crippen LogP contribution in [0.1, 0.15) is 19.8 Å². The Morgan fingerprint density at radius 2 is 2.28 bits per heavy atom. The third-order valence-electron chi connectivity index (χ3n) is 2.02. The molecule has 1 aromatic carbocycles. The van der Waals surface area contributed by atoms with Crippen LogP contribution in [0.3, 0.4) is 0 Å². The fourth-order valence-electron chi connectivity index (χ4n) is 1.20. The van der Waals surface area contributed by atoms with E-state index >= 15 is 0 Å². The number of halogens is 2. The molecule has 1 aromatic rings. The molecule has 1 amide bonds. The molecular formula is C12H14Cl2N2O2. The number of benzene rings is 1. The Hall–Kier alpha value is -1.26. The van der Waals surface area contributed by atoms with Gasteiger partial charge in [-0.1, -0.05) is 23.2 Å². The SMILES string of the molecule is C/C=N\NC(=O)CCCOc1ccc(Cl)cc1Cl. The van der Waals surface area contributed by atoms with E-state index in [4.69, 9.17) is 27.9 Å². The highest BCUT2D eigenvalue weighted by Crippen LogP contribution is 2.27. The lowest BCUT2D eigenvalue weighted by Gasteiger charge is -2.07. The van der Waals surface area contributed by atoms with Crippen LogP contribution in [-0.2, 0) is 4.79 Å². The van der Waals surface area contributed by atoms with Crippen molar-refractivity contribution in [2.24, 2.45) is 5.10 Å². The number of nitrogens with one attached hydrogen (secondary N) is 1. The minimum atomic E-state index is -0.140. The first-order valence-corrected chi connectivity index (χ1v) is 6.23. The summed E-state index contributed by atoms with van der Waals surface area (Å²) in [5.41, 5.74) is 2.38. The van der Waals surface area contributed by atoms with E-state index in [2.05, 4.69) is 10.5 Å². The molecule has 1 N–H and O–H groups in total. The van der Waals surface area contributed by atoms with Crippen LogP contribution in [0, 0.1) is 0 Å². The molecule has 98 valence electrons. The molecule has 0 aliphatic heterocycles. The lowest BCUT2D eigenvalue weighted by Crippen LogP contribution is -2.17. The molecule has 0 saturated carbocycles. The zero-order valence-electron chi connectivity index (χ0n) is 9.95. The zero-order chi connectivity index (χ0) is 13.4. The molecule has 18 heavy (non-hydrogen) atoms. The van der Waals surface area contributed by atoms with Gasteiger partial charge in [-0.2, -0.15) is 5.10 Å². The molecule has 0 heterocycles. The van der Waals surface area contributed by atoms with Gasteiger partial charge in [0.2, 0.25) is 5.91 Å². The molecule has 0 unspecified atom stereocenters. The minimum Gasteiger partial charge on any atom is -0.492 e. The molecule has 0 atom stereocenters. The zero-order valence-corrected chi connectivity index (χ0v) is 11.5. The smallest absolute Gasteiger partial charge is 0.240 e. The Morgan fingerprint density at radius 1 is 1.50 bits per heavy atom. The largest absolute Gasteiger partial charge is 0.492 e. The summed E-state index contributed by atoms with van der Waals surface area (Å²) in [7, 11) is 0. The number of carbonyl (C=O) groups excluding carboxylic acids is 1. The molecule has 0 aliphatic rings. The summed E-state index contributed by atoms with van der Waals surface area (Å²) in [6, 6.07) is 5.01. The minimum absolute atomic E-state index is 0.140. The number of ether oxygens (including phenoxy) is 1. The number of amides is 1. The molecule has 0 aromatic heterocycles. The van der Waals surface area contributed by atoms with Crippen molar-refractivity contribution >= 4 is 35.3 Å². The van der Waals surface area contributed by atoms with Gasteiger partial charge in [0.25, 0.3) is 0 Å². The van der Waals surface area contributed by atoms with Crippen molar-refractivity contribution in [2.45, 2.75) is 19.8 Å². The van der Waals surface area contributed by atoms with E-state index in [-0.39, 0.29) is 5.91 Å². The molecule has 0 aliphatic carbocycles. The Labute approximate surface area is 116 Å². The van der Waals surface area contributed by atoms with Gasteiger partial charge in [-0.15, -0.1) is 0 Å². The number of nitrogens with zero attached hydrogens (tertiary/aromatic N) is 1. The second kappa shape index (κ2) is 7.95. The van der Waals surface area contributed by atoms with Gasteiger partial charge < -0.3 is 4.74 Å². The lowest BCUT2D eigenvalue weighted by molar-refractivity contribution is -0.121. The van der Waals surface area contributed by atoms with E-state index in [9.17, 15) is 4.79 Å². The average Bonchev–Trinajstić information content (AvgIpc) is 2.34. The Kier molecular flexibility index (Phi) is 6.54. The van der Waals surface area contributed by atoms with Gasteiger partial charge in [0, 0.05) is 17.7 Å². The van der Waals surface area contributed by atoms with Crippen LogP contribution < -0.4 is 10.2 Å². The van der Waals surface area contributed by atoms with Crippen molar-refractivity contribution in [3.63, 3.8) is 0 Å². The van der Waals surface area contributed by atoms with Gasteiger partial charge in [-0.3, -0.25) is 4.79 Å². The van der Waals surface area contributed by atoms with E-state index < -0.39 is 0 Å². The van der Waals surface area contributed by atoms with Gasteiger partial charge >= 0.3 is 0 Å². The number of hydrogen-bond acceptors (Lipinski definition) is 3. The standard InChI is InChI=1S/C12H14Cl2N2O2/c1-2-15-16-12(17)4-3-7-18-11-6-5-9(13)8-10(11)14/h2,5-6,8H,3-4,7H2,1H3,(H,16,17)/b15-2-. The summed E-state index contributed by atoms with van der Waals surface area (Å²) in [5.74, 6) is 0.423. The molecule has 6 heteroatoms. The maximum Gasteiger partial charge on any atom is 0.240 e. The van der Waals surface area contributed by atoms with Crippen molar-refractivity contribution in [2.75, 3.05) is 6.61 Å². The summed E-state index contributed by atoms with van der Waals surface area (Å²) in [4.78, 5) is 11.2. The predicted molar refractivity (Wildman–Crippen MR) is 73.5 cm³/mol. The first-order chi connectivity index (χ1) is 8.63. The second-order valence-corrected chi connectivity index (χ2v) is 4.29.